The average Bonchev–Trinajstić information content (AvgIpc) is 2.46. The van der Waals surface area contributed by atoms with Crippen LogP contribution in [0.3, 0.4) is 0 Å². The minimum atomic E-state index is -0.816. The van der Waals surface area contributed by atoms with Crippen LogP contribution in [-0.4, -0.2) is 27.9 Å². The Morgan fingerprint density at radius 2 is 2.05 bits per heavy atom. The van der Waals surface area contributed by atoms with Crippen molar-refractivity contribution < 1.29 is 14.7 Å². The van der Waals surface area contributed by atoms with Crippen molar-refractivity contribution in [2.75, 3.05) is 0 Å². The summed E-state index contributed by atoms with van der Waals surface area (Å²) < 4.78 is 0. The zero-order valence-corrected chi connectivity index (χ0v) is 12.9. The van der Waals surface area contributed by atoms with Crippen LogP contribution in [0.4, 0.5) is 0 Å². The van der Waals surface area contributed by atoms with Gasteiger partial charge < -0.3 is 10.0 Å². The van der Waals surface area contributed by atoms with E-state index < -0.39 is 11.9 Å². The number of amides is 1. The van der Waals surface area contributed by atoms with Gasteiger partial charge in [0.05, 0.1) is 12.0 Å². The van der Waals surface area contributed by atoms with E-state index in [1.54, 1.807) is 4.90 Å². The number of hydrogen-bond acceptors (Lipinski definition) is 2. The third-order valence-corrected chi connectivity index (χ3v) is 4.27. The molecule has 21 heavy (non-hydrogen) atoms. The molecule has 0 bridgehead atoms. The number of carbonyl (C=O) groups is 2. The van der Waals surface area contributed by atoms with E-state index in [9.17, 15) is 14.7 Å². The molecule has 1 aromatic carbocycles. The van der Waals surface area contributed by atoms with Crippen LogP contribution in [0.25, 0.3) is 0 Å². The number of benzene rings is 1. The van der Waals surface area contributed by atoms with Crippen LogP contribution >= 0.6 is 0 Å². The fraction of sp³-hybridized carbons (Fsp3) is 0.529. The molecule has 1 N–H and O–H groups in total. The zero-order valence-electron chi connectivity index (χ0n) is 12.9. The maximum absolute atomic E-state index is 12.3. The molecule has 0 radical (unpaired) electrons. The van der Waals surface area contributed by atoms with Gasteiger partial charge in [0.1, 0.15) is 0 Å². The minimum Gasteiger partial charge on any atom is -0.481 e. The molecular weight excluding hydrogens is 266 g/mol. The van der Waals surface area contributed by atoms with Crippen LogP contribution in [0, 0.1) is 5.92 Å². The second-order valence-electron chi connectivity index (χ2n) is 5.88. The first-order valence-corrected chi connectivity index (χ1v) is 7.59. The molecule has 4 nitrogen and oxygen atoms in total. The van der Waals surface area contributed by atoms with Crippen molar-refractivity contribution in [3.8, 4) is 0 Å². The summed E-state index contributed by atoms with van der Waals surface area (Å²) in [6.45, 7) is 5.95. The molecule has 2 unspecified atom stereocenters. The Kier molecular flexibility index (Phi) is 4.66. The summed E-state index contributed by atoms with van der Waals surface area (Å²) in [6, 6.07) is 7.50. The largest absolute Gasteiger partial charge is 0.481 e. The van der Waals surface area contributed by atoms with Gasteiger partial charge in [-0.1, -0.05) is 31.2 Å². The fourth-order valence-corrected chi connectivity index (χ4v) is 3.29. The summed E-state index contributed by atoms with van der Waals surface area (Å²) in [4.78, 5) is 25.8. The summed E-state index contributed by atoms with van der Waals surface area (Å²) in [7, 11) is 0. The Morgan fingerprint density at radius 1 is 1.38 bits per heavy atom. The van der Waals surface area contributed by atoms with Crippen LogP contribution in [0.2, 0.25) is 0 Å². The number of carbonyl (C=O) groups excluding carboxylic acids is 1. The summed E-state index contributed by atoms with van der Waals surface area (Å²) >= 11 is 0. The lowest BCUT2D eigenvalue weighted by Gasteiger charge is -2.43. The molecule has 1 aliphatic heterocycles. The molecule has 1 aliphatic rings. The maximum atomic E-state index is 12.3. The Balaban J connectivity index is 2.54. The SMILES string of the molecule is CCc1ccccc1C1C(C(=O)O)CCC(=O)N1C(C)C. The molecule has 4 heteroatoms. The zero-order chi connectivity index (χ0) is 15.6. The number of carboxylic acids is 1. The van der Waals surface area contributed by atoms with E-state index in [-0.39, 0.29) is 18.0 Å². The van der Waals surface area contributed by atoms with Gasteiger partial charge in [0.25, 0.3) is 0 Å². The first-order valence-electron chi connectivity index (χ1n) is 7.59. The number of hydrogen-bond donors (Lipinski definition) is 1. The van der Waals surface area contributed by atoms with Crippen molar-refractivity contribution in [3.05, 3.63) is 35.4 Å². The molecule has 1 fully saturated rings. The number of likely N-dealkylation sites (tertiary alicyclic amines) is 1. The first kappa shape index (κ1) is 15.5. The highest BCUT2D eigenvalue weighted by atomic mass is 16.4. The lowest BCUT2D eigenvalue weighted by Crippen LogP contribution is -2.48. The van der Waals surface area contributed by atoms with Gasteiger partial charge in [0, 0.05) is 12.5 Å². The number of nitrogens with zero attached hydrogens (tertiary/aromatic N) is 1. The van der Waals surface area contributed by atoms with Crippen LogP contribution in [0.1, 0.15) is 50.8 Å². The standard InChI is InChI=1S/C17H23NO3/c1-4-12-7-5-6-8-13(12)16-14(17(20)21)9-10-15(19)18(16)11(2)3/h5-8,11,14,16H,4,9-10H2,1-3H3,(H,20,21). The number of carboxylic acid groups (broad SMARTS) is 1. The smallest absolute Gasteiger partial charge is 0.308 e. The van der Waals surface area contributed by atoms with Gasteiger partial charge in [-0.05, 0) is 37.8 Å². The van der Waals surface area contributed by atoms with Crippen molar-refractivity contribution >= 4 is 11.9 Å². The number of piperidine rings is 1. The third-order valence-electron chi connectivity index (χ3n) is 4.27. The molecule has 1 amide bonds. The molecule has 2 rings (SSSR count). The average molecular weight is 289 g/mol. The predicted molar refractivity (Wildman–Crippen MR) is 80.9 cm³/mol. The number of rotatable bonds is 4. The van der Waals surface area contributed by atoms with E-state index >= 15 is 0 Å². The Labute approximate surface area is 125 Å². The van der Waals surface area contributed by atoms with Crippen molar-refractivity contribution in [3.63, 3.8) is 0 Å². The van der Waals surface area contributed by atoms with E-state index in [0.717, 1.165) is 17.5 Å². The van der Waals surface area contributed by atoms with Gasteiger partial charge in [-0.3, -0.25) is 9.59 Å². The second-order valence-corrected chi connectivity index (χ2v) is 5.88. The van der Waals surface area contributed by atoms with Gasteiger partial charge in [-0.2, -0.15) is 0 Å². The minimum absolute atomic E-state index is 0.00503. The topological polar surface area (TPSA) is 57.6 Å². The third kappa shape index (κ3) is 2.94. The van der Waals surface area contributed by atoms with Crippen molar-refractivity contribution in [1.29, 1.82) is 0 Å². The van der Waals surface area contributed by atoms with Gasteiger partial charge in [0.15, 0.2) is 0 Å². The number of aliphatic carboxylic acids is 1. The summed E-state index contributed by atoms with van der Waals surface area (Å²) in [5.41, 5.74) is 2.10. The maximum Gasteiger partial charge on any atom is 0.308 e. The lowest BCUT2D eigenvalue weighted by molar-refractivity contribution is -0.153. The molecule has 0 aliphatic carbocycles. The molecule has 1 saturated heterocycles. The Morgan fingerprint density at radius 3 is 2.62 bits per heavy atom. The normalized spacial score (nSPS) is 22.7. The van der Waals surface area contributed by atoms with Gasteiger partial charge in [-0.25, -0.2) is 0 Å². The van der Waals surface area contributed by atoms with Crippen LogP contribution in [0.5, 0.6) is 0 Å². The molecule has 1 heterocycles. The van der Waals surface area contributed by atoms with E-state index in [1.165, 1.54) is 0 Å². The highest BCUT2D eigenvalue weighted by molar-refractivity contribution is 5.82. The fourth-order valence-electron chi connectivity index (χ4n) is 3.29. The number of aryl methyl sites for hydroxylation is 1. The van der Waals surface area contributed by atoms with Gasteiger partial charge >= 0.3 is 5.97 Å². The molecule has 114 valence electrons. The van der Waals surface area contributed by atoms with Crippen LogP contribution in [0.15, 0.2) is 24.3 Å². The Hall–Kier alpha value is -1.84. The Bertz CT molecular complexity index is 539. The van der Waals surface area contributed by atoms with E-state index in [2.05, 4.69) is 6.92 Å². The summed E-state index contributed by atoms with van der Waals surface area (Å²) in [5, 5.41) is 9.58. The molecular formula is C17H23NO3. The highest BCUT2D eigenvalue weighted by Gasteiger charge is 2.42. The van der Waals surface area contributed by atoms with Crippen molar-refractivity contribution in [2.45, 2.75) is 52.1 Å². The molecule has 2 atom stereocenters. The first-order chi connectivity index (χ1) is 9.97. The van der Waals surface area contributed by atoms with Crippen LogP contribution in [-0.2, 0) is 16.0 Å². The van der Waals surface area contributed by atoms with Gasteiger partial charge in [0.2, 0.25) is 5.91 Å². The van der Waals surface area contributed by atoms with E-state index in [1.807, 2.05) is 38.1 Å². The van der Waals surface area contributed by atoms with Crippen molar-refractivity contribution in [1.82, 2.24) is 4.90 Å². The second kappa shape index (κ2) is 6.29. The molecule has 0 spiro atoms. The van der Waals surface area contributed by atoms with Crippen molar-refractivity contribution in [2.24, 2.45) is 5.92 Å². The molecule has 0 aromatic heterocycles. The van der Waals surface area contributed by atoms with E-state index in [0.29, 0.717) is 12.8 Å². The predicted octanol–water partition coefficient (Wildman–Crippen LogP) is 3.02. The molecule has 1 aromatic rings. The van der Waals surface area contributed by atoms with Gasteiger partial charge in [-0.15, -0.1) is 0 Å². The molecule has 0 saturated carbocycles. The quantitative estimate of drug-likeness (QED) is 0.927. The summed E-state index contributed by atoms with van der Waals surface area (Å²) in [5.74, 6) is -1.29. The summed E-state index contributed by atoms with van der Waals surface area (Å²) in [6.07, 6.45) is 1.57. The van der Waals surface area contributed by atoms with Crippen LogP contribution < -0.4 is 0 Å². The van der Waals surface area contributed by atoms with E-state index in [4.69, 9.17) is 0 Å². The monoisotopic (exact) mass is 289 g/mol. The highest BCUT2D eigenvalue weighted by Crippen LogP contribution is 2.39. The lowest BCUT2D eigenvalue weighted by atomic mass is 9.81.